The Morgan fingerprint density at radius 1 is 0.676 bits per heavy atom. The fraction of sp³-hybridized carbons (Fsp3) is 0.444. The number of rotatable bonds is 8. The van der Waals surface area contributed by atoms with Gasteiger partial charge in [-0.1, -0.05) is 0 Å². The summed E-state index contributed by atoms with van der Waals surface area (Å²) in [5.74, 6) is 0.139. The van der Waals surface area contributed by atoms with Crippen LogP contribution < -0.4 is 25.4 Å². The topological polar surface area (TPSA) is 81.2 Å². The molecule has 2 aromatic carbocycles. The Bertz CT molecular complexity index is 1090. The molecule has 0 radical (unpaired) electrons. The summed E-state index contributed by atoms with van der Waals surface area (Å²) in [6.07, 6.45) is 6.20. The number of nitrogens with one attached hydrogen (secondary N) is 5. The van der Waals surface area contributed by atoms with Gasteiger partial charge in [0.15, 0.2) is 0 Å². The van der Waals surface area contributed by atoms with Crippen LogP contribution in [-0.4, -0.2) is 51.1 Å². The smallest absolute Gasteiger partial charge is 0.230 e. The van der Waals surface area contributed by atoms with Crippen LogP contribution in [0.5, 0.6) is 0 Å². The highest BCUT2D eigenvalue weighted by Crippen LogP contribution is 2.22. The molecule has 2 saturated heterocycles. The van der Waals surface area contributed by atoms with E-state index in [1.54, 1.807) is 0 Å². The highest BCUT2D eigenvalue weighted by Gasteiger charge is 2.18. The maximum Gasteiger partial charge on any atom is 0.230 e. The molecular weight excluding hydrogens is 426 g/mol. The Labute approximate surface area is 200 Å². The molecule has 1 aromatic heterocycles. The number of H-pyrrole nitrogens is 1. The number of carbonyl (C=O) groups excluding carboxylic acids is 2. The summed E-state index contributed by atoms with van der Waals surface area (Å²) in [6, 6.07) is 14.1. The van der Waals surface area contributed by atoms with E-state index in [4.69, 9.17) is 0 Å². The van der Waals surface area contributed by atoms with Crippen LogP contribution in [0, 0.1) is 0 Å². The van der Waals surface area contributed by atoms with Gasteiger partial charge in [0.1, 0.15) is 0 Å². The molecule has 7 nitrogen and oxygen atoms in total. The van der Waals surface area contributed by atoms with Crippen LogP contribution in [0.2, 0.25) is 0 Å². The third-order valence-electron chi connectivity index (χ3n) is 7.29. The van der Waals surface area contributed by atoms with Crippen LogP contribution >= 0.6 is 0 Å². The van der Waals surface area contributed by atoms with E-state index in [0.717, 1.165) is 46.3 Å². The second kappa shape index (κ2) is 10.5. The SMILES string of the molecule is O=C(CC[NH+]1CCCC1)Nc1ccc2cc3ccc(NC(=O)CC[NH+]4CCCC4)cc3[nH+]c2c1. The Balaban J connectivity index is 1.24. The molecule has 0 saturated carbocycles. The second-order valence-electron chi connectivity index (χ2n) is 9.88. The quantitative estimate of drug-likeness (QED) is 0.374. The second-order valence-corrected chi connectivity index (χ2v) is 9.88. The molecule has 178 valence electrons. The first-order chi connectivity index (χ1) is 16.6. The van der Waals surface area contributed by atoms with Gasteiger partial charge in [0.25, 0.3) is 0 Å². The van der Waals surface area contributed by atoms with Crippen molar-refractivity contribution in [1.29, 1.82) is 0 Å². The molecule has 7 heteroatoms. The Kier molecular flexibility index (Phi) is 7.02. The number of hydrogen-bond acceptors (Lipinski definition) is 2. The first kappa shape index (κ1) is 22.7. The number of aromatic amines is 1. The molecule has 2 fully saturated rings. The van der Waals surface area contributed by atoms with E-state index in [0.29, 0.717) is 12.8 Å². The predicted molar refractivity (Wildman–Crippen MR) is 134 cm³/mol. The summed E-state index contributed by atoms with van der Waals surface area (Å²) in [7, 11) is 0. The molecular formula is C27H36N5O2+3. The lowest BCUT2D eigenvalue weighted by molar-refractivity contribution is -0.886. The summed E-state index contributed by atoms with van der Waals surface area (Å²) < 4.78 is 0. The van der Waals surface area contributed by atoms with Crippen LogP contribution in [0.25, 0.3) is 21.8 Å². The molecule has 0 bridgehead atoms. The van der Waals surface area contributed by atoms with Gasteiger partial charge in [-0.2, -0.15) is 0 Å². The van der Waals surface area contributed by atoms with Crippen LogP contribution in [0.3, 0.4) is 0 Å². The number of fused-ring (bicyclic) bond motifs is 2. The van der Waals surface area contributed by atoms with Gasteiger partial charge in [0, 0.05) is 60.0 Å². The van der Waals surface area contributed by atoms with Gasteiger partial charge in [-0.05, 0) is 30.3 Å². The van der Waals surface area contributed by atoms with Crippen molar-refractivity contribution in [1.82, 2.24) is 0 Å². The summed E-state index contributed by atoms with van der Waals surface area (Å²) in [5.41, 5.74) is 3.52. The molecule has 0 aliphatic carbocycles. The number of hydrogen-bond donors (Lipinski definition) is 4. The number of carbonyl (C=O) groups is 2. The van der Waals surface area contributed by atoms with Crippen molar-refractivity contribution in [3.05, 3.63) is 42.5 Å². The fourth-order valence-corrected chi connectivity index (χ4v) is 5.33. The van der Waals surface area contributed by atoms with E-state index < -0.39 is 0 Å². The number of anilines is 2. The lowest BCUT2D eigenvalue weighted by atomic mass is 10.1. The standard InChI is InChI=1S/C27H33N5O2/c33-26(9-15-31-11-1-2-12-31)28-22-7-5-20-17-21-6-8-23(19-25(21)30-24(20)18-22)29-27(34)10-16-32-13-3-4-14-32/h5-8,17-19H,1-4,9-16H2,(H,28,33)(H,29,34)/p+3. The molecule has 0 spiro atoms. The van der Waals surface area contributed by atoms with Crippen LogP contribution in [0.15, 0.2) is 42.5 Å². The molecule has 34 heavy (non-hydrogen) atoms. The van der Waals surface area contributed by atoms with Gasteiger partial charge >= 0.3 is 0 Å². The van der Waals surface area contributed by atoms with Crippen molar-refractivity contribution in [2.45, 2.75) is 38.5 Å². The zero-order valence-corrected chi connectivity index (χ0v) is 19.8. The van der Waals surface area contributed by atoms with E-state index in [1.807, 2.05) is 36.4 Å². The van der Waals surface area contributed by atoms with E-state index in [-0.39, 0.29) is 11.8 Å². The number of benzene rings is 2. The first-order valence-corrected chi connectivity index (χ1v) is 12.8. The minimum Gasteiger partial charge on any atom is -0.334 e. The largest absolute Gasteiger partial charge is 0.334 e. The predicted octanol–water partition coefficient (Wildman–Crippen LogP) is 0.822. The first-order valence-electron chi connectivity index (χ1n) is 12.8. The molecule has 3 heterocycles. The van der Waals surface area contributed by atoms with E-state index in [2.05, 4.69) is 21.7 Å². The van der Waals surface area contributed by atoms with Crippen LogP contribution in [-0.2, 0) is 9.59 Å². The van der Waals surface area contributed by atoms with Crippen LogP contribution in [0.1, 0.15) is 38.5 Å². The van der Waals surface area contributed by atoms with Gasteiger partial charge < -0.3 is 20.4 Å². The van der Waals surface area contributed by atoms with Gasteiger partial charge in [-0.25, -0.2) is 4.98 Å². The van der Waals surface area contributed by atoms with E-state index in [1.165, 1.54) is 61.7 Å². The van der Waals surface area contributed by atoms with Crippen molar-refractivity contribution in [3.63, 3.8) is 0 Å². The Hall–Kier alpha value is -3.03. The van der Waals surface area contributed by atoms with Gasteiger partial charge in [-0.15, -0.1) is 0 Å². The number of pyridine rings is 1. The number of likely N-dealkylation sites (tertiary alicyclic amines) is 2. The molecule has 2 amide bonds. The van der Waals surface area contributed by atoms with E-state index >= 15 is 0 Å². The molecule has 2 aliphatic rings. The third-order valence-corrected chi connectivity index (χ3v) is 7.29. The Morgan fingerprint density at radius 3 is 1.56 bits per heavy atom. The Morgan fingerprint density at radius 2 is 1.12 bits per heavy atom. The molecule has 0 atom stereocenters. The van der Waals surface area contributed by atoms with Crippen molar-refractivity contribution >= 4 is 45.0 Å². The van der Waals surface area contributed by atoms with Gasteiger partial charge in [0.2, 0.25) is 22.8 Å². The normalized spacial score (nSPS) is 16.9. The summed E-state index contributed by atoms with van der Waals surface area (Å²) >= 11 is 0. The lowest BCUT2D eigenvalue weighted by Crippen LogP contribution is -3.10. The number of quaternary nitrogens is 2. The van der Waals surface area contributed by atoms with Crippen molar-refractivity contribution < 1.29 is 24.4 Å². The van der Waals surface area contributed by atoms with Gasteiger partial charge in [0.05, 0.1) is 52.1 Å². The molecule has 0 unspecified atom stereocenters. The molecule has 5 N–H and O–H groups in total. The zero-order chi connectivity index (χ0) is 23.3. The monoisotopic (exact) mass is 462 g/mol. The number of amides is 2. The summed E-state index contributed by atoms with van der Waals surface area (Å²) in [6.45, 7) is 6.56. The maximum atomic E-state index is 12.4. The minimum absolute atomic E-state index is 0.0697. The summed E-state index contributed by atoms with van der Waals surface area (Å²) in [4.78, 5) is 31.4. The fourth-order valence-electron chi connectivity index (χ4n) is 5.33. The zero-order valence-electron chi connectivity index (χ0n) is 19.8. The molecule has 3 aromatic rings. The highest BCUT2D eigenvalue weighted by atomic mass is 16.2. The number of aromatic nitrogens is 1. The molecule has 2 aliphatic heterocycles. The van der Waals surface area contributed by atoms with Crippen molar-refractivity contribution in [2.75, 3.05) is 49.9 Å². The van der Waals surface area contributed by atoms with Crippen molar-refractivity contribution in [3.8, 4) is 0 Å². The maximum absolute atomic E-state index is 12.4. The molecule has 5 rings (SSSR count). The minimum atomic E-state index is 0.0697. The van der Waals surface area contributed by atoms with Crippen molar-refractivity contribution in [2.24, 2.45) is 0 Å². The lowest BCUT2D eigenvalue weighted by Gasteiger charge is -2.12. The average Bonchev–Trinajstić information content (AvgIpc) is 3.54. The average molecular weight is 463 g/mol. The van der Waals surface area contributed by atoms with E-state index in [9.17, 15) is 9.59 Å². The third kappa shape index (κ3) is 5.72. The highest BCUT2D eigenvalue weighted by molar-refractivity contribution is 5.96. The van der Waals surface area contributed by atoms with Crippen LogP contribution in [0.4, 0.5) is 11.4 Å². The summed E-state index contributed by atoms with van der Waals surface area (Å²) in [5, 5.41) is 8.26. The van der Waals surface area contributed by atoms with Gasteiger partial charge in [-0.3, -0.25) is 9.59 Å².